The zero-order valence-corrected chi connectivity index (χ0v) is 12.1. The normalized spacial score (nSPS) is 10.5. The molecule has 0 spiro atoms. The highest BCUT2D eigenvalue weighted by molar-refractivity contribution is 5.66. The van der Waals surface area contributed by atoms with Crippen LogP contribution < -0.4 is 11.1 Å². The number of rotatable bonds is 14. The van der Waals surface area contributed by atoms with Gasteiger partial charge in [-0.05, 0) is 0 Å². The number of hydrogen-bond donors (Lipinski definition) is 2. The zero-order chi connectivity index (χ0) is 14.9. The van der Waals surface area contributed by atoms with Gasteiger partial charge >= 0.3 is 6.09 Å². The lowest BCUT2D eigenvalue weighted by atomic mass is 10.6. The average molecular weight is 294 g/mol. The lowest BCUT2D eigenvalue weighted by molar-refractivity contribution is 0.0129. The third-order valence-corrected chi connectivity index (χ3v) is 2.04. The lowest BCUT2D eigenvalue weighted by Gasteiger charge is -2.08. The lowest BCUT2D eigenvalue weighted by Crippen LogP contribution is -2.29. The summed E-state index contributed by atoms with van der Waals surface area (Å²) in [6, 6.07) is 0. The van der Waals surface area contributed by atoms with Crippen LogP contribution in [0, 0.1) is 0 Å². The molecule has 0 aliphatic carbocycles. The minimum absolute atomic E-state index is 0.202. The summed E-state index contributed by atoms with van der Waals surface area (Å²) < 4.78 is 25.2. The first-order valence-corrected chi connectivity index (χ1v) is 6.64. The fourth-order valence-electron chi connectivity index (χ4n) is 1.12. The van der Waals surface area contributed by atoms with E-state index >= 15 is 0 Å². The largest absolute Gasteiger partial charge is 0.447 e. The van der Waals surface area contributed by atoms with Crippen LogP contribution in [-0.2, 0) is 23.7 Å². The van der Waals surface area contributed by atoms with E-state index in [4.69, 9.17) is 29.4 Å². The summed E-state index contributed by atoms with van der Waals surface area (Å²) in [4.78, 5) is 11.2. The second kappa shape index (κ2) is 16.1. The summed E-state index contributed by atoms with van der Waals surface area (Å²) in [5.74, 6) is 0. The van der Waals surface area contributed by atoms with E-state index in [1.54, 1.807) is 7.11 Å². The van der Waals surface area contributed by atoms with Gasteiger partial charge in [0.1, 0.15) is 6.61 Å². The van der Waals surface area contributed by atoms with Crippen molar-refractivity contribution in [3.8, 4) is 0 Å². The summed E-state index contributed by atoms with van der Waals surface area (Å²) in [6.45, 7) is 4.37. The van der Waals surface area contributed by atoms with Gasteiger partial charge in [-0.3, -0.25) is 0 Å². The minimum Gasteiger partial charge on any atom is -0.447 e. The van der Waals surface area contributed by atoms with Crippen LogP contribution in [-0.4, -0.2) is 79.1 Å². The van der Waals surface area contributed by atoms with Gasteiger partial charge in [0.25, 0.3) is 0 Å². The maximum Gasteiger partial charge on any atom is 0.407 e. The second-order valence-electron chi connectivity index (χ2n) is 3.68. The molecule has 8 nitrogen and oxygen atoms in total. The number of nitrogens with two attached hydrogens (primary N) is 1. The van der Waals surface area contributed by atoms with Gasteiger partial charge in [0, 0.05) is 20.2 Å². The van der Waals surface area contributed by atoms with Crippen LogP contribution in [0.2, 0.25) is 0 Å². The number of methoxy groups -OCH3 is 1. The quantitative estimate of drug-likeness (QED) is 0.411. The average Bonchev–Trinajstić information content (AvgIpc) is 2.45. The molecule has 0 saturated carbocycles. The summed E-state index contributed by atoms with van der Waals surface area (Å²) in [7, 11) is 1.62. The third-order valence-electron chi connectivity index (χ3n) is 2.04. The van der Waals surface area contributed by atoms with Crippen molar-refractivity contribution < 1.29 is 28.5 Å². The Morgan fingerprint density at radius 2 is 1.50 bits per heavy atom. The topological polar surface area (TPSA) is 101 Å². The molecule has 120 valence electrons. The Hall–Kier alpha value is -0.930. The van der Waals surface area contributed by atoms with Crippen LogP contribution in [0.4, 0.5) is 4.79 Å². The van der Waals surface area contributed by atoms with E-state index in [0.717, 1.165) is 0 Å². The van der Waals surface area contributed by atoms with Gasteiger partial charge in [0.15, 0.2) is 0 Å². The van der Waals surface area contributed by atoms with Crippen molar-refractivity contribution in [2.75, 3.05) is 73.1 Å². The van der Waals surface area contributed by atoms with Gasteiger partial charge in [-0.15, -0.1) is 0 Å². The number of hydrogen-bond acceptors (Lipinski definition) is 7. The number of alkyl carbamates (subject to hydrolysis) is 1. The molecule has 0 bridgehead atoms. The molecular formula is C12H26N2O6. The molecule has 0 atom stereocenters. The first-order chi connectivity index (χ1) is 9.81. The molecule has 3 N–H and O–H groups in total. The van der Waals surface area contributed by atoms with Gasteiger partial charge in [-0.2, -0.15) is 0 Å². The van der Waals surface area contributed by atoms with Crippen molar-refractivity contribution >= 4 is 6.09 Å². The van der Waals surface area contributed by atoms with Crippen molar-refractivity contribution in [2.24, 2.45) is 5.73 Å². The first-order valence-electron chi connectivity index (χ1n) is 6.64. The second-order valence-corrected chi connectivity index (χ2v) is 3.68. The number of carbonyl (C=O) groups excluding carboxylic acids is 1. The summed E-state index contributed by atoms with van der Waals surface area (Å²) in [5.41, 5.74) is 5.24. The van der Waals surface area contributed by atoms with Gasteiger partial charge in [-0.1, -0.05) is 0 Å². The van der Waals surface area contributed by atoms with Crippen LogP contribution in [0.15, 0.2) is 0 Å². The molecule has 0 aromatic carbocycles. The minimum atomic E-state index is -0.485. The van der Waals surface area contributed by atoms with Crippen LogP contribution in [0.1, 0.15) is 0 Å². The molecule has 0 saturated heterocycles. The van der Waals surface area contributed by atoms with Gasteiger partial charge in [0.05, 0.1) is 46.2 Å². The molecule has 0 aromatic heterocycles. The molecule has 0 unspecified atom stereocenters. The van der Waals surface area contributed by atoms with Crippen molar-refractivity contribution in [2.45, 2.75) is 0 Å². The highest BCUT2D eigenvalue weighted by Crippen LogP contribution is 1.83. The van der Waals surface area contributed by atoms with Gasteiger partial charge in [0.2, 0.25) is 0 Å². The fourth-order valence-corrected chi connectivity index (χ4v) is 1.12. The van der Waals surface area contributed by atoms with Crippen molar-refractivity contribution in [1.82, 2.24) is 5.32 Å². The molecule has 0 aliphatic rings. The Labute approximate surface area is 119 Å². The Morgan fingerprint density at radius 1 is 0.900 bits per heavy atom. The van der Waals surface area contributed by atoms with E-state index in [9.17, 15) is 4.79 Å². The molecule has 0 rings (SSSR count). The van der Waals surface area contributed by atoms with Crippen molar-refractivity contribution in [3.05, 3.63) is 0 Å². The maximum absolute atomic E-state index is 11.2. The Balaban J connectivity index is 3.11. The molecular weight excluding hydrogens is 268 g/mol. The fraction of sp³-hybridized carbons (Fsp3) is 0.917. The monoisotopic (exact) mass is 294 g/mol. The van der Waals surface area contributed by atoms with Crippen LogP contribution in [0.25, 0.3) is 0 Å². The zero-order valence-electron chi connectivity index (χ0n) is 12.1. The number of ether oxygens (including phenoxy) is 5. The molecule has 0 heterocycles. The van der Waals surface area contributed by atoms with E-state index in [-0.39, 0.29) is 6.61 Å². The summed E-state index contributed by atoms with van der Waals surface area (Å²) in [5, 5.41) is 2.55. The van der Waals surface area contributed by atoms with E-state index in [1.807, 2.05) is 0 Å². The van der Waals surface area contributed by atoms with Crippen LogP contribution in [0.5, 0.6) is 0 Å². The molecule has 1 amide bonds. The van der Waals surface area contributed by atoms with Gasteiger partial charge < -0.3 is 34.7 Å². The van der Waals surface area contributed by atoms with Crippen LogP contribution in [0.3, 0.4) is 0 Å². The summed E-state index contributed by atoms with van der Waals surface area (Å²) in [6.07, 6.45) is -0.485. The van der Waals surface area contributed by atoms with E-state index < -0.39 is 6.09 Å². The molecule has 0 aromatic rings. The number of nitrogens with one attached hydrogen (secondary N) is 1. The molecule has 0 radical (unpaired) electrons. The molecule has 20 heavy (non-hydrogen) atoms. The van der Waals surface area contributed by atoms with Crippen molar-refractivity contribution in [3.63, 3.8) is 0 Å². The molecule has 0 fully saturated rings. The van der Waals surface area contributed by atoms with E-state index in [0.29, 0.717) is 59.3 Å². The maximum atomic E-state index is 11.2. The van der Waals surface area contributed by atoms with Gasteiger partial charge in [-0.25, -0.2) is 4.79 Å². The van der Waals surface area contributed by atoms with E-state index in [1.165, 1.54) is 0 Å². The molecule has 8 heteroatoms. The SMILES string of the molecule is COCCOCCOCCOC(=O)NCCOCCN. The Morgan fingerprint density at radius 3 is 2.15 bits per heavy atom. The standard InChI is InChI=1S/C12H26N2O6/c1-16-6-7-18-8-9-19-10-11-20-12(15)14-3-5-17-4-2-13/h2-11,13H2,1H3,(H,14,15). The Bertz CT molecular complexity index is 218. The number of carbonyl (C=O) groups is 1. The summed E-state index contributed by atoms with van der Waals surface area (Å²) >= 11 is 0. The number of amides is 1. The van der Waals surface area contributed by atoms with E-state index in [2.05, 4.69) is 5.32 Å². The Kier molecular flexibility index (Phi) is 15.4. The van der Waals surface area contributed by atoms with Crippen molar-refractivity contribution in [1.29, 1.82) is 0 Å². The predicted molar refractivity (Wildman–Crippen MR) is 72.7 cm³/mol. The highest BCUT2D eigenvalue weighted by Gasteiger charge is 2.00. The smallest absolute Gasteiger partial charge is 0.407 e. The molecule has 0 aliphatic heterocycles. The third kappa shape index (κ3) is 15.1. The first kappa shape index (κ1) is 19.1. The predicted octanol–water partition coefficient (Wildman–Crippen LogP) is -0.632. The highest BCUT2D eigenvalue weighted by atomic mass is 16.6. The van der Waals surface area contributed by atoms with Crippen LogP contribution >= 0.6 is 0 Å².